The number of para-hydroxylation sites is 1. The SMILES string of the molecule is CC(=O)Nc1ccc2c(c1)C1C=CCC1C(c1c[nH]c3ccccc13)N2. The average molecular weight is 343 g/mol. The van der Waals surface area contributed by atoms with Crippen molar-refractivity contribution in [1.29, 1.82) is 0 Å². The molecule has 1 amide bonds. The molecule has 3 unspecified atom stereocenters. The Kier molecular flexibility index (Phi) is 3.38. The molecule has 2 aliphatic rings. The molecule has 5 rings (SSSR count). The highest BCUT2D eigenvalue weighted by Gasteiger charge is 2.38. The molecule has 26 heavy (non-hydrogen) atoms. The molecule has 1 aromatic heterocycles. The minimum Gasteiger partial charge on any atom is -0.378 e. The first-order valence-corrected chi connectivity index (χ1v) is 9.11. The van der Waals surface area contributed by atoms with E-state index in [1.165, 1.54) is 22.0 Å². The lowest BCUT2D eigenvalue weighted by atomic mass is 9.77. The number of carbonyl (C=O) groups is 1. The molecule has 0 radical (unpaired) electrons. The van der Waals surface area contributed by atoms with Gasteiger partial charge in [0.25, 0.3) is 0 Å². The van der Waals surface area contributed by atoms with Gasteiger partial charge in [-0.3, -0.25) is 4.79 Å². The zero-order valence-corrected chi connectivity index (χ0v) is 14.6. The monoisotopic (exact) mass is 343 g/mol. The van der Waals surface area contributed by atoms with Crippen molar-refractivity contribution in [2.75, 3.05) is 10.6 Å². The van der Waals surface area contributed by atoms with Crippen LogP contribution in [0, 0.1) is 5.92 Å². The summed E-state index contributed by atoms with van der Waals surface area (Å²) < 4.78 is 0. The number of H-pyrrole nitrogens is 1. The van der Waals surface area contributed by atoms with Crippen LogP contribution in [0.3, 0.4) is 0 Å². The Morgan fingerprint density at radius 1 is 1.15 bits per heavy atom. The summed E-state index contributed by atoms with van der Waals surface area (Å²) in [6.45, 7) is 1.54. The number of hydrogen-bond donors (Lipinski definition) is 3. The van der Waals surface area contributed by atoms with Crippen LogP contribution in [-0.2, 0) is 4.79 Å². The van der Waals surface area contributed by atoms with Crippen LogP contribution in [0.15, 0.2) is 60.8 Å². The molecular weight excluding hydrogens is 322 g/mol. The molecule has 2 aromatic carbocycles. The van der Waals surface area contributed by atoms with Crippen molar-refractivity contribution in [3.63, 3.8) is 0 Å². The predicted octanol–water partition coefficient (Wildman–Crippen LogP) is 4.95. The lowest BCUT2D eigenvalue weighted by Crippen LogP contribution is -2.29. The highest BCUT2D eigenvalue weighted by molar-refractivity contribution is 5.89. The number of allylic oxidation sites excluding steroid dienone is 2. The third-order valence-electron chi connectivity index (χ3n) is 5.64. The Hall–Kier alpha value is -3.01. The van der Waals surface area contributed by atoms with Gasteiger partial charge in [0.15, 0.2) is 0 Å². The number of aromatic nitrogens is 1. The van der Waals surface area contributed by atoms with Crippen molar-refractivity contribution in [3.8, 4) is 0 Å². The van der Waals surface area contributed by atoms with Crippen LogP contribution in [0.4, 0.5) is 11.4 Å². The fraction of sp³-hybridized carbons (Fsp3) is 0.227. The summed E-state index contributed by atoms with van der Waals surface area (Å²) in [7, 11) is 0. The molecule has 3 atom stereocenters. The number of fused-ring (bicyclic) bond motifs is 4. The molecule has 4 heteroatoms. The van der Waals surface area contributed by atoms with Crippen LogP contribution in [0.25, 0.3) is 10.9 Å². The van der Waals surface area contributed by atoms with Crippen molar-refractivity contribution in [2.45, 2.75) is 25.3 Å². The topological polar surface area (TPSA) is 56.9 Å². The molecule has 2 heterocycles. The van der Waals surface area contributed by atoms with Crippen molar-refractivity contribution in [2.24, 2.45) is 5.92 Å². The molecular formula is C22H21N3O. The summed E-state index contributed by atoms with van der Waals surface area (Å²) in [5, 5.41) is 7.96. The summed E-state index contributed by atoms with van der Waals surface area (Å²) in [5.41, 5.74) is 5.80. The number of carbonyl (C=O) groups excluding carboxylic acids is 1. The van der Waals surface area contributed by atoms with Crippen molar-refractivity contribution < 1.29 is 4.79 Å². The smallest absolute Gasteiger partial charge is 0.221 e. The average Bonchev–Trinajstić information content (AvgIpc) is 3.28. The maximum Gasteiger partial charge on any atom is 0.221 e. The third kappa shape index (κ3) is 2.33. The lowest BCUT2D eigenvalue weighted by Gasteiger charge is -2.37. The maximum absolute atomic E-state index is 11.4. The molecule has 1 aliphatic heterocycles. The largest absolute Gasteiger partial charge is 0.378 e. The highest BCUT2D eigenvalue weighted by Crippen LogP contribution is 2.51. The Balaban J connectivity index is 1.58. The van der Waals surface area contributed by atoms with E-state index in [1.54, 1.807) is 6.92 Å². The van der Waals surface area contributed by atoms with Crippen LogP contribution < -0.4 is 10.6 Å². The first-order valence-electron chi connectivity index (χ1n) is 9.11. The van der Waals surface area contributed by atoms with E-state index in [1.807, 2.05) is 6.07 Å². The second-order valence-electron chi connectivity index (χ2n) is 7.25. The fourth-order valence-corrected chi connectivity index (χ4v) is 4.53. The summed E-state index contributed by atoms with van der Waals surface area (Å²) in [4.78, 5) is 14.8. The summed E-state index contributed by atoms with van der Waals surface area (Å²) in [5.74, 6) is 0.816. The van der Waals surface area contributed by atoms with Crippen LogP contribution in [0.1, 0.15) is 36.4 Å². The molecule has 3 aromatic rings. The van der Waals surface area contributed by atoms with E-state index >= 15 is 0 Å². The molecule has 0 saturated heterocycles. The number of amides is 1. The normalized spacial score (nSPS) is 23.3. The number of hydrogen-bond acceptors (Lipinski definition) is 2. The Labute approximate surface area is 152 Å². The van der Waals surface area contributed by atoms with Crippen LogP contribution in [0.2, 0.25) is 0 Å². The van der Waals surface area contributed by atoms with Gasteiger partial charge < -0.3 is 15.6 Å². The Morgan fingerprint density at radius 2 is 2.04 bits per heavy atom. The second kappa shape index (κ2) is 5.77. The molecule has 0 fully saturated rings. The molecule has 0 bridgehead atoms. The van der Waals surface area contributed by atoms with Gasteiger partial charge in [-0.2, -0.15) is 0 Å². The molecule has 0 saturated carbocycles. The number of rotatable bonds is 2. The van der Waals surface area contributed by atoms with E-state index in [-0.39, 0.29) is 11.9 Å². The predicted molar refractivity (Wildman–Crippen MR) is 105 cm³/mol. The van der Waals surface area contributed by atoms with E-state index in [0.717, 1.165) is 17.8 Å². The first kappa shape index (κ1) is 15.3. The van der Waals surface area contributed by atoms with Gasteiger partial charge in [-0.1, -0.05) is 30.4 Å². The van der Waals surface area contributed by atoms with Gasteiger partial charge in [0, 0.05) is 41.3 Å². The number of benzene rings is 2. The minimum atomic E-state index is -0.0381. The number of nitrogens with one attached hydrogen (secondary N) is 3. The zero-order chi connectivity index (χ0) is 17.7. The quantitative estimate of drug-likeness (QED) is 0.577. The van der Waals surface area contributed by atoms with Gasteiger partial charge in [-0.05, 0) is 47.7 Å². The van der Waals surface area contributed by atoms with E-state index in [9.17, 15) is 4.79 Å². The Bertz CT molecular complexity index is 1030. The van der Waals surface area contributed by atoms with Gasteiger partial charge in [0.2, 0.25) is 5.91 Å². The van der Waals surface area contributed by atoms with E-state index < -0.39 is 0 Å². The minimum absolute atomic E-state index is 0.0381. The number of aromatic amines is 1. The molecule has 130 valence electrons. The second-order valence-corrected chi connectivity index (χ2v) is 7.25. The van der Waals surface area contributed by atoms with E-state index in [0.29, 0.717) is 11.8 Å². The fourth-order valence-electron chi connectivity index (χ4n) is 4.53. The van der Waals surface area contributed by atoms with Gasteiger partial charge >= 0.3 is 0 Å². The lowest BCUT2D eigenvalue weighted by molar-refractivity contribution is -0.114. The molecule has 0 spiro atoms. The molecule has 1 aliphatic carbocycles. The Morgan fingerprint density at radius 3 is 2.92 bits per heavy atom. The van der Waals surface area contributed by atoms with E-state index in [2.05, 4.69) is 70.4 Å². The van der Waals surface area contributed by atoms with Gasteiger partial charge in [0.05, 0.1) is 6.04 Å². The summed E-state index contributed by atoms with van der Waals surface area (Å²) >= 11 is 0. The maximum atomic E-state index is 11.4. The number of anilines is 2. The van der Waals surface area contributed by atoms with Crippen LogP contribution >= 0.6 is 0 Å². The van der Waals surface area contributed by atoms with Gasteiger partial charge in [-0.15, -0.1) is 0 Å². The standard InChI is InChI=1S/C22H21N3O/c1-13(26)24-14-9-10-21-18(11-14)15-6-4-7-17(15)22(25-21)19-12-23-20-8-3-2-5-16(19)20/h2-6,8-12,15,17,22-23,25H,7H2,1H3,(H,24,26). The molecule has 3 N–H and O–H groups in total. The highest BCUT2D eigenvalue weighted by atomic mass is 16.1. The summed E-state index contributed by atoms with van der Waals surface area (Å²) in [6, 6.07) is 14.9. The van der Waals surface area contributed by atoms with Crippen LogP contribution in [-0.4, -0.2) is 10.9 Å². The van der Waals surface area contributed by atoms with Crippen molar-refractivity contribution in [3.05, 3.63) is 71.9 Å². The summed E-state index contributed by atoms with van der Waals surface area (Å²) in [6.07, 6.45) is 7.82. The van der Waals surface area contributed by atoms with Crippen molar-refractivity contribution in [1.82, 2.24) is 4.98 Å². The third-order valence-corrected chi connectivity index (χ3v) is 5.64. The van der Waals surface area contributed by atoms with Gasteiger partial charge in [-0.25, -0.2) is 0 Å². The first-order chi connectivity index (χ1) is 12.7. The van der Waals surface area contributed by atoms with Crippen molar-refractivity contribution >= 4 is 28.2 Å². The molecule has 4 nitrogen and oxygen atoms in total. The van der Waals surface area contributed by atoms with Crippen LogP contribution in [0.5, 0.6) is 0 Å². The van der Waals surface area contributed by atoms with Gasteiger partial charge in [0.1, 0.15) is 0 Å². The van der Waals surface area contributed by atoms with E-state index in [4.69, 9.17) is 0 Å². The zero-order valence-electron chi connectivity index (χ0n) is 14.6.